The van der Waals surface area contributed by atoms with Crippen LogP contribution in [0.4, 0.5) is 0 Å². The van der Waals surface area contributed by atoms with Gasteiger partial charge < -0.3 is 10.1 Å². The minimum atomic E-state index is -0.148. The molecule has 3 aromatic rings. The van der Waals surface area contributed by atoms with E-state index in [0.29, 0.717) is 0 Å². The smallest absolute Gasteiger partial charge is 0.0930 e. The van der Waals surface area contributed by atoms with Gasteiger partial charge in [-0.05, 0) is 37.1 Å². The number of fused-ring (bicyclic) bond motifs is 1. The van der Waals surface area contributed by atoms with Crippen LogP contribution in [0, 0.1) is 0 Å². The second-order valence-corrected chi connectivity index (χ2v) is 6.13. The fourth-order valence-electron chi connectivity index (χ4n) is 3.29. The number of aliphatic hydroxyl groups excluding tert-OH is 1. The Morgan fingerprint density at radius 2 is 2.00 bits per heavy atom. The molecule has 0 radical (unpaired) electrons. The third-order valence-corrected chi connectivity index (χ3v) is 4.54. The fraction of sp³-hybridized carbons (Fsp3) is 0.333. The number of hydrogen-bond donors (Lipinski definition) is 2. The Morgan fingerprint density at radius 1 is 1.17 bits per heavy atom. The number of pyridine rings is 2. The molecule has 0 bridgehead atoms. The highest BCUT2D eigenvalue weighted by Crippen LogP contribution is 2.30. The van der Waals surface area contributed by atoms with E-state index in [1.165, 1.54) is 5.56 Å². The molecule has 5 heteroatoms. The average Bonchev–Trinajstić information content (AvgIpc) is 2.96. The van der Waals surface area contributed by atoms with Crippen LogP contribution >= 0.6 is 0 Å². The number of nitrogens with zero attached hydrogens (tertiary/aromatic N) is 3. The maximum atomic E-state index is 9.70. The van der Waals surface area contributed by atoms with Crippen molar-refractivity contribution in [3.8, 4) is 11.3 Å². The van der Waals surface area contributed by atoms with Gasteiger partial charge in [0.1, 0.15) is 0 Å². The number of rotatable bonds is 3. The first-order valence-electron chi connectivity index (χ1n) is 8.07. The van der Waals surface area contributed by atoms with Gasteiger partial charge in [-0.2, -0.15) is 0 Å². The summed E-state index contributed by atoms with van der Waals surface area (Å²) in [6.07, 6.45) is 7.05. The maximum Gasteiger partial charge on any atom is 0.0930 e. The minimum Gasteiger partial charge on any atom is -0.393 e. The Labute approximate surface area is 135 Å². The number of piperidine rings is 1. The van der Waals surface area contributed by atoms with Gasteiger partial charge in [0.05, 0.1) is 22.8 Å². The molecule has 1 aliphatic rings. The molecule has 4 heterocycles. The lowest BCUT2D eigenvalue weighted by atomic mass is 10.0. The predicted octanol–water partition coefficient (Wildman–Crippen LogP) is 2.58. The molecule has 0 spiro atoms. The van der Waals surface area contributed by atoms with Crippen LogP contribution < -0.4 is 0 Å². The van der Waals surface area contributed by atoms with E-state index in [0.717, 1.165) is 54.8 Å². The standard InChI is InChI=1S/C18H20N4O/c23-14-5-9-22(10-6-14)12-15-17(13-3-1-7-19-11-13)21-16-4-2-8-20-18(15)16/h1-4,7-8,11,14,21,23H,5-6,9-10,12H2. The van der Waals surface area contributed by atoms with E-state index < -0.39 is 0 Å². The first-order valence-corrected chi connectivity index (χ1v) is 8.07. The topological polar surface area (TPSA) is 65.0 Å². The fourth-order valence-corrected chi connectivity index (χ4v) is 3.29. The molecule has 0 unspecified atom stereocenters. The van der Waals surface area contributed by atoms with E-state index in [1.807, 2.05) is 24.5 Å². The van der Waals surface area contributed by atoms with Crippen molar-refractivity contribution in [2.75, 3.05) is 13.1 Å². The van der Waals surface area contributed by atoms with Crippen molar-refractivity contribution in [1.29, 1.82) is 0 Å². The highest BCUT2D eigenvalue weighted by atomic mass is 16.3. The number of aliphatic hydroxyl groups is 1. The summed E-state index contributed by atoms with van der Waals surface area (Å²) in [6, 6.07) is 8.04. The predicted molar refractivity (Wildman–Crippen MR) is 89.8 cm³/mol. The van der Waals surface area contributed by atoms with Gasteiger partial charge in [0.25, 0.3) is 0 Å². The van der Waals surface area contributed by atoms with Gasteiger partial charge in [-0.25, -0.2) is 0 Å². The maximum absolute atomic E-state index is 9.70. The summed E-state index contributed by atoms with van der Waals surface area (Å²) in [5.74, 6) is 0. The number of hydrogen-bond acceptors (Lipinski definition) is 4. The highest BCUT2D eigenvalue weighted by molar-refractivity contribution is 5.87. The molecule has 0 saturated carbocycles. The molecule has 1 saturated heterocycles. The summed E-state index contributed by atoms with van der Waals surface area (Å²) >= 11 is 0. The average molecular weight is 308 g/mol. The lowest BCUT2D eigenvalue weighted by Gasteiger charge is -2.29. The van der Waals surface area contributed by atoms with Gasteiger partial charge in [0.15, 0.2) is 0 Å². The lowest BCUT2D eigenvalue weighted by molar-refractivity contribution is 0.0795. The van der Waals surface area contributed by atoms with Crippen molar-refractivity contribution in [3.63, 3.8) is 0 Å². The van der Waals surface area contributed by atoms with Crippen LogP contribution in [0.15, 0.2) is 42.9 Å². The van der Waals surface area contributed by atoms with Crippen LogP contribution in [0.25, 0.3) is 22.3 Å². The molecule has 0 aliphatic carbocycles. The van der Waals surface area contributed by atoms with Gasteiger partial charge in [-0.15, -0.1) is 0 Å². The molecular formula is C18H20N4O. The first-order chi connectivity index (χ1) is 11.3. The van der Waals surface area contributed by atoms with E-state index in [1.54, 1.807) is 6.20 Å². The third kappa shape index (κ3) is 2.85. The highest BCUT2D eigenvalue weighted by Gasteiger charge is 2.21. The van der Waals surface area contributed by atoms with Crippen molar-refractivity contribution in [2.45, 2.75) is 25.5 Å². The SMILES string of the molecule is OC1CCN(Cc2c(-c3cccnc3)[nH]c3cccnc23)CC1. The normalized spacial score (nSPS) is 16.9. The van der Waals surface area contributed by atoms with E-state index in [9.17, 15) is 5.11 Å². The summed E-state index contributed by atoms with van der Waals surface area (Å²) in [7, 11) is 0. The Kier molecular flexibility index (Phi) is 3.81. The second kappa shape index (κ2) is 6.10. The number of likely N-dealkylation sites (tertiary alicyclic amines) is 1. The molecule has 118 valence electrons. The summed E-state index contributed by atoms with van der Waals surface area (Å²) in [5.41, 5.74) is 5.47. The largest absolute Gasteiger partial charge is 0.393 e. The molecule has 5 nitrogen and oxygen atoms in total. The third-order valence-electron chi connectivity index (χ3n) is 4.54. The number of nitrogens with one attached hydrogen (secondary N) is 1. The number of aromatic nitrogens is 3. The molecule has 3 aromatic heterocycles. The zero-order valence-electron chi connectivity index (χ0n) is 12.9. The van der Waals surface area contributed by atoms with Crippen LogP contribution in [-0.4, -0.2) is 44.2 Å². The van der Waals surface area contributed by atoms with Gasteiger partial charge in [0.2, 0.25) is 0 Å². The van der Waals surface area contributed by atoms with Crippen LogP contribution in [0.3, 0.4) is 0 Å². The molecule has 0 amide bonds. The molecule has 1 fully saturated rings. The van der Waals surface area contributed by atoms with Crippen molar-refractivity contribution < 1.29 is 5.11 Å². The first kappa shape index (κ1) is 14.4. The molecule has 1 aliphatic heterocycles. The van der Waals surface area contributed by atoms with Gasteiger partial charge in [-0.1, -0.05) is 0 Å². The summed E-state index contributed by atoms with van der Waals surface area (Å²) in [6.45, 7) is 2.69. The van der Waals surface area contributed by atoms with E-state index in [-0.39, 0.29) is 6.10 Å². The number of H-pyrrole nitrogens is 1. The molecule has 0 aromatic carbocycles. The second-order valence-electron chi connectivity index (χ2n) is 6.13. The molecule has 23 heavy (non-hydrogen) atoms. The van der Waals surface area contributed by atoms with Gasteiger partial charge in [0, 0.05) is 49.4 Å². The van der Waals surface area contributed by atoms with Crippen LogP contribution in [0.5, 0.6) is 0 Å². The van der Waals surface area contributed by atoms with E-state index >= 15 is 0 Å². The minimum absolute atomic E-state index is 0.148. The van der Waals surface area contributed by atoms with Gasteiger partial charge in [-0.3, -0.25) is 14.9 Å². The summed E-state index contributed by atoms with van der Waals surface area (Å²) < 4.78 is 0. The lowest BCUT2D eigenvalue weighted by Crippen LogP contribution is -2.35. The summed E-state index contributed by atoms with van der Waals surface area (Å²) in [5, 5.41) is 9.70. The van der Waals surface area contributed by atoms with Crippen molar-refractivity contribution in [2.24, 2.45) is 0 Å². The Morgan fingerprint density at radius 3 is 2.78 bits per heavy atom. The van der Waals surface area contributed by atoms with Gasteiger partial charge >= 0.3 is 0 Å². The molecule has 4 rings (SSSR count). The van der Waals surface area contributed by atoms with E-state index in [4.69, 9.17) is 0 Å². The van der Waals surface area contributed by atoms with Crippen molar-refractivity contribution >= 4 is 11.0 Å². The zero-order valence-corrected chi connectivity index (χ0v) is 12.9. The van der Waals surface area contributed by atoms with Crippen LogP contribution in [0.2, 0.25) is 0 Å². The molecule has 2 N–H and O–H groups in total. The Balaban J connectivity index is 1.74. The quantitative estimate of drug-likeness (QED) is 0.780. The Bertz CT molecular complexity index is 791. The van der Waals surface area contributed by atoms with Crippen LogP contribution in [-0.2, 0) is 6.54 Å². The van der Waals surface area contributed by atoms with Crippen molar-refractivity contribution in [3.05, 3.63) is 48.4 Å². The summed E-state index contributed by atoms with van der Waals surface area (Å²) in [4.78, 5) is 14.7. The number of aromatic amines is 1. The van der Waals surface area contributed by atoms with Crippen LogP contribution in [0.1, 0.15) is 18.4 Å². The molecule has 0 atom stereocenters. The Hall–Kier alpha value is -2.24. The monoisotopic (exact) mass is 308 g/mol. The van der Waals surface area contributed by atoms with E-state index in [2.05, 4.69) is 32.0 Å². The van der Waals surface area contributed by atoms with Crippen molar-refractivity contribution in [1.82, 2.24) is 19.9 Å². The zero-order chi connectivity index (χ0) is 15.6. The molecular weight excluding hydrogens is 288 g/mol.